The fourth-order valence-corrected chi connectivity index (χ4v) is 3.82. The number of rotatable bonds is 2. The average Bonchev–Trinajstić information content (AvgIpc) is 2.60. The number of carbonyl (C=O) groups excluding carboxylic acids is 1. The molecule has 1 aromatic heterocycles. The van der Waals surface area contributed by atoms with Crippen molar-refractivity contribution >= 4 is 5.91 Å². The van der Waals surface area contributed by atoms with Crippen molar-refractivity contribution in [1.82, 2.24) is 14.7 Å². The molecule has 1 aliphatic rings. The van der Waals surface area contributed by atoms with E-state index in [9.17, 15) is 22.8 Å². The van der Waals surface area contributed by atoms with E-state index >= 15 is 0 Å². The summed E-state index contributed by atoms with van der Waals surface area (Å²) in [5.74, 6) is 0.0271. The monoisotopic (exact) mass is 393 g/mol. The standard InChI is InChI=1S/C20H22F3N3O2/c1-12-8-13(2)11-25(10-12)19(28)18-17(27)9-14(3)26(24-18)16-7-5-4-6-15(16)20(21,22)23/h4-7,9,12-13H,8,10-11H2,1-3H3/t12-,13+. The molecule has 1 amide bonds. The van der Waals surface area contributed by atoms with Crippen LogP contribution in [0.25, 0.3) is 5.69 Å². The summed E-state index contributed by atoms with van der Waals surface area (Å²) in [6, 6.07) is 6.12. The predicted molar refractivity (Wildman–Crippen MR) is 98.4 cm³/mol. The number of alkyl halides is 3. The summed E-state index contributed by atoms with van der Waals surface area (Å²) in [6.45, 7) is 6.53. The number of hydrogen-bond donors (Lipinski definition) is 0. The number of aromatic nitrogens is 2. The van der Waals surface area contributed by atoms with Gasteiger partial charge in [0.25, 0.3) is 5.91 Å². The highest BCUT2D eigenvalue weighted by Gasteiger charge is 2.35. The molecule has 2 atom stereocenters. The third kappa shape index (κ3) is 3.95. The van der Waals surface area contributed by atoms with Crippen LogP contribution in [0, 0.1) is 18.8 Å². The molecule has 1 aromatic carbocycles. The minimum atomic E-state index is -4.59. The van der Waals surface area contributed by atoms with E-state index < -0.39 is 23.1 Å². The predicted octanol–water partition coefficient (Wildman–Crippen LogP) is 3.68. The minimum Gasteiger partial charge on any atom is -0.337 e. The van der Waals surface area contributed by atoms with Crippen molar-refractivity contribution in [2.45, 2.75) is 33.4 Å². The van der Waals surface area contributed by atoms with Gasteiger partial charge in [-0.3, -0.25) is 9.59 Å². The van der Waals surface area contributed by atoms with Gasteiger partial charge in [-0.05, 0) is 37.3 Å². The van der Waals surface area contributed by atoms with E-state index in [1.165, 1.54) is 25.1 Å². The second-order valence-electron chi connectivity index (χ2n) is 7.58. The molecule has 150 valence electrons. The van der Waals surface area contributed by atoms with Gasteiger partial charge in [-0.1, -0.05) is 26.0 Å². The van der Waals surface area contributed by atoms with Crippen molar-refractivity contribution in [3.05, 3.63) is 57.5 Å². The number of piperidine rings is 1. The van der Waals surface area contributed by atoms with Crippen molar-refractivity contribution < 1.29 is 18.0 Å². The first-order chi connectivity index (χ1) is 13.1. The first-order valence-corrected chi connectivity index (χ1v) is 9.14. The number of carbonyl (C=O) groups is 1. The third-order valence-corrected chi connectivity index (χ3v) is 4.90. The van der Waals surface area contributed by atoms with Gasteiger partial charge in [-0.2, -0.15) is 18.3 Å². The second-order valence-corrected chi connectivity index (χ2v) is 7.58. The van der Waals surface area contributed by atoms with Crippen LogP contribution in [0.2, 0.25) is 0 Å². The van der Waals surface area contributed by atoms with Gasteiger partial charge in [-0.15, -0.1) is 0 Å². The number of amides is 1. The lowest BCUT2D eigenvalue weighted by atomic mass is 9.92. The zero-order chi connectivity index (χ0) is 20.6. The fraction of sp³-hybridized carbons (Fsp3) is 0.450. The summed E-state index contributed by atoms with van der Waals surface area (Å²) in [6.07, 6.45) is -3.61. The summed E-state index contributed by atoms with van der Waals surface area (Å²) >= 11 is 0. The first kappa shape index (κ1) is 20.1. The van der Waals surface area contributed by atoms with E-state index in [1.807, 2.05) is 13.8 Å². The Morgan fingerprint density at radius 1 is 1.14 bits per heavy atom. The summed E-state index contributed by atoms with van der Waals surface area (Å²) in [5.41, 5.74) is -1.83. The van der Waals surface area contributed by atoms with Crippen molar-refractivity contribution in [1.29, 1.82) is 0 Å². The number of halogens is 3. The molecule has 1 aliphatic heterocycles. The molecule has 0 radical (unpaired) electrons. The van der Waals surface area contributed by atoms with Gasteiger partial charge in [0.2, 0.25) is 5.43 Å². The molecule has 1 saturated heterocycles. The largest absolute Gasteiger partial charge is 0.418 e. The topological polar surface area (TPSA) is 55.2 Å². The lowest BCUT2D eigenvalue weighted by Crippen LogP contribution is -2.44. The molecule has 2 heterocycles. The van der Waals surface area contributed by atoms with E-state index in [0.29, 0.717) is 13.1 Å². The maximum Gasteiger partial charge on any atom is 0.418 e. The Kier molecular flexibility index (Phi) is 5.32. The van der Waals surface area contributed by atoms with Gasteiger partial charge in [0.1, 0.15) is 0 Å². The maximum atomic E-state index is 13.4. The van der Waals surface area contributed by atoms with E-state index in [-0.39, 0.29) is 28.9 Å². The molecular weight excluding hydrogens is 371 g/mol. The van der Waals surface area contributed by atoms with Crippen molar-refractivity contribution in [3.8, 4) is 5.69 Å². The van der Waals surface area contributed by atoms with Crippen LogP contribution in [-0.2, 0) is 6.18 Å². The van der Waals surface area contributed by atoms with Crippen LogP contribution in [0.4, 0.5) is 13.2 Å². The number of para-hydroxylation sites is 1. The number of nitrogens with zero attached hydrogens (tertiary/aromatic N) is 3. The molecule has 0 aliphatic carbocycles. The summed E-state index contributed by atoms with van der Waals surface area (Å²) in [4.78, 5) is 26.9. The van der Waals surface area contributed by atoms with Crippen molar-refractivity contribution in [2.24, 2.45) is 11.8 Å². The van der Waals surface area contributed by atoms with E-state index in [1.54, 1.807) is 4.90 Å². The molecule has 28 heavy (non-hydrogen) atoms. The second kappa shape index (κ2) is 7.41. The van der Waals surface area contributed by atoms with Gasteiger partial charge in [-0.25, -0.2) is 4.68 Å². The van der Waals surface area contributed by atoms with Crippen LogP contribution >= 0.6 is 0 Å². The lowest BCUT2D eigenvalue weighted by Gasteiger charge is -2.34. The summed E-state index contributed by atoms with van der Waals surface area (Å²) in [7, 11) is 0. The Morgan fingerprint density at radius 3 is 2.36 bits per heavy atom. The molecule has 0 N–H and O–H groups in total. The van der Waals surface area contributed by atoms with Gasteiger partial charge >= 0.3 is 6.18 Å². The van der Waals surface area contributed by atoms with E-state index in [4.69, 9.17) is 0 Å². The zero-order valence-corrected chi connectivity index (χ0v) is 16.0. The van der Waals surface area contributed by atoms with Gasteiger partial charge < -0.3 is 4.90 Å². The SMILES string of the molecule is Cc1cc(=O)c(C(=O)N2C[C@H](C)C[C@H](C)C2)nn1-c1ccccc1C(F)(F)F. The van der Waals surface area contributed by atoms with Crippen LogP contribution in [-0.4, -0.2) is 33.7 Å². The molecular formula is C20H22F3N3O2. The number of aryl methyl sites for hydroxylation is 1. The quantitative estimate of drug-likeness (QED) is 0.782. The Hall–Kier alpha value is -2.64. The molecule has 8 heteroatoms. The molecule has 1 fully saturated rings. The molecule has 3 rings (SSSR count). The van der Waals surface area contributed by atoms with Crippen LogP contribution in [0.5, 0.6) is 0 Å². The molecule has 0 saturated carbocycles. The van der Waals surface area contributed by atoms with Gasteiger partial charge in [0, 0.05) is 24.8 Å². The Morgan fingerprint density at radius 2 is 1.75 bits per heavy atom. The number of benzene rings is 1. The van der Waals surface area contributed by atoms with E-state index in [0.717, 1.165) is 23.2 Å². The van der Waals surface area contributed by atoms with Crippen molar-refractivity contribution in [2.75, 3.05) is 13.1 Å². The Labute approximate surface area is 160 Å². The molecule has 0 bridgehead atoms. The van der Waals surface area contributed by atoms with Crippen LogP contribution in [0.15, 0.2) is 35.1 Å². The van der Waals surface area contributed by atoms with Crippen LogP contribution in [0.1, 0.15) is 42.0 Å². The summed E-state index contributed by atoms with van der Waals surface area (Å²) in [5, 5.41) is 4.05. The highest BCUT2D eigenvalue weighted by Crippen LogP contribution is 2.33. The maximum absolute atomic E-state index is 13.4. The fourth-order valence-electron chi connectivity index (χ4n) is 3.82. The highest BCUT2D eigenvalue weighted by atomic mass is 19.4. The zero-order valence-electron chi connectivity index (χ0n) is 16.0. The molecule has 0 spiro atoms. The lowest BCUT2D eigenvalue weighted by molar-refractivity contribution is -0.137. The van der Waals surface area contributed by atoms with Crippen LogP contribution < -0.4 is 5.43 Å². The average molecular weight is 393 g/mol. The number of hydrogen-bond acceptors (Lipinski definition) is 3. The normalized spacial score (nSPS) is 20.3. The summed E-state index contributed by atoms with van der Waals surface area (Å²) < 4.78 is 41.2. The van der Waals surface area contributed by atoms with Gasteiger partial charge in [0.05, 0.1) is 11.3 Å². The van der Waals surface area contributed by atoms with Crippen molar-refractivity contribution in [3.63, 3.8) is 0 Å². The van der Waals surface area contributed by atoms with E-state index in [2.05, 4.69) is 5.10 Å². The molecule has 2 aromatic rings. The Balaban J connectivity index is 2.08. The molecule has 5 nitrogen and oxygen atoms in total. The third-order valence-electron chi connectivity index (χ3n) is 4.90. The smallest absolute Gasteiger partial charge is 0.337 e. The minimum absolute atomic E-state index is 0.220. The van der Waals surface area contributed by atoms with Gasteiger partial charge in [0.15, 0.2) is 5.69 Å². The Bertz CT molecular complexity index is 942. The number of likely N-dealkylation sites (tertiary alicyclic amines) is 1. The highest BCUT2D eigenvalue weighted by molar-refractivity contribution is 5.92. The first-order valence-electron chi connectivity index (χ1n) is 9.14. The molecule has 0 unspecified atom stereocenters. The van der Waals surface area contributed by atoms with Crippen LogP contribution in [0.3, 0.4) is 0 Å².